The second-order valence-electron chi connectivity index (χ2n) is 4.62. The van der Waals surface area contributed by atoms with Crippen LogP contribution < -0.4 is 10.6 Å². The van der Waals surface area contributed by atoms with Crippen LogP contribution in [-0.4, -0.2) is 23.1 Å². The average Bonchev–Trinajstić information content (AvgIpc) is 2.30. The maximum absolute atomic E-state index is 11.7. The largest absolute Gasteiger partial charge is 0.480 e. The average molecular weight is 285 g/mol. The van der Waals surface area contributed by atoms with Crippen molar-refractivity contribution in [2.75, 3.05) is 5.32 Å². The minimum Gasteiger partial charge on any atom is -0.480 e. The molecule has 1 aromatic carbocycles. The van der Waals surface area contributed by atoms with Crippen LogP contribution in [0.3, 0.4) is 0 Å². The number of aryl methyl sites for hydroxylation is 1. The molecule has 0 aliphatic heterocycles. The Bertz CT molecular complexity index is 489. The second kappa shape index (κ2) is 6.43. The molecule has 6 heteroatoms. The molecule has 0 saturated carbocycles. The summed E-state index contributed by atoms with van der Waals surface area (Å²) in [6.07, 6.45) is 0. The van der Waals surface area contributed by atoms with Crippen molar-refractivity contribution in [1.29, 1.82) is 0 Å². The van der Waals surface area contributed by atoms with Gasteiger partial charge in [-0.2, -0.15) is 0 Å². The maximum atomic E-state index is 11.7. The molecule has 1 rings (SSSR count). The van der Waals surface area contributed by atoms with Gasteiger partial charge in [-0.25, -0.2) is 9.59 Å². The molecule has 1 atom stereocenters. The van der Waals surface area contributed by atoms with Crippen LogP contribution in [0.2, 0.25) is 5.02 Å². The van der Waals surface area contributed by atoms with Gasteiger partial charge >= 0.3 is 12.0 Å². The first-order chi connectivity index (χ1) is 8.81. The lowest BCUT2D eigenvalue weighted by molar-refractivity contribution is -0.140. The highest BCUT2D eigenvalue weighted by molar-refractivity contribution is 6.31. The van der Waals surface area contributed by atoms with Crippen molar-refractivity contribution >= 4 is 29.3 Å². The molecule has 0 bridgehead atoms. The molecular formula is C13H17ClN2O3. The molecule has 0 fully saturated rings. The fourth-order valence-corrected chi connectivity index (χ4v) is 1.67. The Morgan fingerprint density at radius 1 is 1.32 bits per heavy atom. The van der Waals surface area contributed by atoms with Gasteiger partial charge in [0.05, 0.1) is 0 Å². The van der Waals surface area contributed by atoms with Crippen LogP contribution in [0.25, 0.3) is 0 Å². The summed E-state index contributed by atoms with van der Waals surface area (Å²) in [6, 6.07) is 3.59. The zero-order valence-corrected chi connectivity index (χ0v) is 11.8. The maximum Gasteiger partial charge on any atom is 0.326 e. The van der Waals surface area contributed by atoms with Gasteiger partial charge in [-0.1, -0.05) is 31.5 Å². The van der Waals surface area contributed by atoms with Gasteiger partial charge in [0.2, 0.25) is 0 Å². The number of hydrogen-bond donors (Lipinski definition) is 3. The fraction of sp³-hybridized carbons (Fsp3) is 0.385. The Hall–Kier alpha value is -1.75. The van der Waals surface area contributed by atoms with Crippen molar-refractivity contribution < 1.29 is 14.7 Å². The third-order valence-electron chi connectivity index (χ3n) is 2.65. The van der Waals surface area contributed by atoms with Crippen LogP contribution >= 0.6 is 11.6 Å². The molecule has 0 spiro atoms. The Labute approximate surface area is 117 Å². The monoisotopic (exact) mass is 284 g/mol. The molecule has 0 heterocycles. The van der Waals surface area contributed by atoms with Crippen molar-refractivity contribution in [3.8, 4) is 0 Å². The van der Waals surface area contributed by atoms with Crippen LogP contribution in [-0.2, 0) is 4.79 Å². The topological polar surface area (TPSA) is 78.4 Å². The van der Waals surface area contributed by atoms with Crippen molar-refractivity contribution in [3.05, 3.63) is 28.8 Å². The predicted molar refractivity (Wildman–Crippen MR) is 74.6 cm³/mol. The summed E-state index contributed by atoms with van der Waals surface area (Å²) in [5, 5.41) is 14.5. The first-order valence-corrected chi connectivity index (χ1v) is 6.25. The van der Waals surface area contributed by atoms with E-state index in [9.17, 15) is 9.59 Å². The van der Waals surface area contributed by atoms with Crippen molar-refractivity contribution in [3.63, 3.8) is 0 Å². The molecule has 2 amide bonds. The number of halogens is 1. The van der Waals surface area contributed by atoms with Gasteiger partial charge in [0.1, 0.15) is 6.04 Å². The standard InChI is InChI=1S/C13H17ClN2O3/c1-7(2)11(12(17)18)16-13(19)15-9-5-4-8(3)10(14)6-9/h4-7,11H,1-3H3,(H,17,18)(H2,15,16,19). The van der Waals surface area contributed by atoms with E-state index in [1.165, 1.54) is 0 Å². The van der Waals surface area contributed by atoms with E-state index < -0.39 is 18.0 Å². The van der Waals surface area contributed by atoms with Gasteiger partial charge in [-0.3, -0.25) is 0 Å². The summed E-state index contributed by atoms with van der Waals surface area (Å²) < 4.78 is 0. The number of hydrogen-bond acceptors (Lipinski definition) is 2. The van der Waals surface area contributed by atoms with E-state index in [0.29, 0.717) is 10.7 Å². The molecular weight excluding hydrogens is 268 g/mol. The van der Waals surface area contributed by atoms with E-state index >= 15 is 0 Å². The minimum atomic E-state index is -1.06. The van der Waals surface area contributed by atoms with Crippen LogP contribution in [0, 0.1) is 12.8 Å². The second-order valence-corrected chi connectivity index (χ2v) is 5.03. The van der Waals surface area contributed by atoms with Gasteiger partial charge in [0.15, 0.2) is 0 Å². The van der Waals surface area contributed by atoms with Crippen molar-refractivity contribution in [2.24, 2.45) is 5.92 Å². The minimum absolute atomic E-state index is 0.204. The van der Waals surface area contributed by atoms with E-state index in [-0.39, 0.29) is 5.92 Å². The number of carboxylic acid groups (broad SMARTS) is 1. The van der Waals surface area contributed by atoms with E-state index in [0.717, 1.165) is 5.56 Å². The van der Waals surface area contributed by atoms with E-state index in [1.54, 1.807) is 32.0 Å². The zero-order chi connectivity index (χ0) is 14.6. The van der Waals surface area contributed by atoms with Crippen LogP contribution in [0.1, 0.15) is 19.4 Å². The number of urea groups is 1. The van der Waals surface area contributed by atoms with Crippen LogP contribution in [0.5, 0.6) is 0 Å². The summed E-state index contributed by atoms with van der Waals surface area (Å²) in [4.78, 5) is 22.7. The molecule has 1 aromatic rings. The lowest BCUT2D eigenvalue weighted by Crippen LogP contribution is -2.46. The molecule has 0 aliphatic rings. The predicted octanol–water partition coefficient (Wildman–Crippen LogP) is 2.88. The van der Waals surface area contributed by atoms with E-state index in [2.05, 4.69) is 10.6 Å². The summed E-state index contributed by atoms with van der Waals surface area (Å²) in [5.41, 5.74) is 1.42. The first-order valence-electron chi connectivity index (χ1n) is 5.87. The van der Waals surface area contributed by atoms with Gasteiger partial charge in [-0.15, -0.1) is 0 Å². The van der Waals surface area contributed by atoms with Gasteiger partial charge in [0, 0.05) is 10.7 Å². The number of carbonyl (C=O) groups is 2. The Balaban J connectivity index is 2.69. The van der Waals surface area contributed by atoms with E-state index in [1.807, 2.05) is 6.92 Å². The molecule has 1 unspecified atom stereocenters. The molecule has 0 radical (unpaired) electrons. The number of nitrogens with one attached hydrogen (secondary N) is 2. The highest BCUT2D eigenvalue weighted by Crippen LogP contribution is 2.19. The number of rotatable bonds is 4. The molecule has 0 aromatic heterocycles. The fourth-order valence-electron chi connectivity index (χ4n) is 1.49. The first kappa shape index (κ1) is 15.3. The molecule has 3 N–H and O–H groups in total. The quantitative estimate of drug-likeness (QED) is 0.795. The number of carboxylic acids is 1. The van der Waals surface area contributed by atoms with E-state index in [4.69, 9.17) is 16.7 Å². The third-order valence-corrected chi connectivity index (χ3v) is 3.06. The zero-order valence-electron chi connectivity index (χ0n) is 11.0. The van der Waals surface area contributed by atoms with Crippen molar-refractivity contribution in [2.45, 2.75) is 26.8 Å². The lowest BCUT2D eigenvalue weighted by atomic mass is 10.1. The van der Waals surface area contributed by atoms with Crippen LogP contribution in [0.4, 0.5) is 10.5 Å². The molecule has 19 heavy (non-hydrogen) atoms. The Morgan fingerprint density at radius 2 is 1.95 bits per heavy atom. The highest BCUT2D eigenvalue weighted by atomic mass is 35.5. The smallest absolute Gasteiger partial charge is 0.326 e. The molecule has 0 saturated heterocycles. The number of amides is 2. The third kappa shape index (κ3) is 4.44. The number of aliphatic carboxylic acids is 1. The Kier molecular flexibility index (Phi) is 5.18. The summed E-state index contributed by atoms with van der Waals surface area (Å²) in [7, 11) is 0. The normalized spacial score (nSPS) is 12.1. The number of benzene rings is 1. The van der Waals surface area contributed by atoms with Crippen LogP contribution in [0.15, 0.2) is 18.2 Å². The van der Waals surface area contributed by atoms with Gasteiger partial charge in [0.25, 0.3) is 0 Å². The highest BCUT2D eigenvalue weighted by Gasteiger charge is 2.23. The number of carbonyl (C=O) groups excluding carboxylic acids is 1. The lowest BCUT2D eigenvalue weighted by Gasteiger charge is -2.18. The molecule has 104 valence electrons. The number of anilines is 1. The van der Waals surface area contributed by atoms with Crippen molar-refractivity contribution in [1.82, 2.24) is 5.32 Å². The van der Waals surface area contributed by atoms with Gasteiger partial charge < -0.3 is 15.7 Å². The van der Waals surface area contributed by atoms with Gasteiger partial charge in [-0.05, 0) is 30.5 Å². The summed E-state index contributed by atoms with van der Waals surface area (Å²) in [5.74, 6) is -1.27. The molecule has 5 nitrogen and oxygen atoms in total. The SMILES string of the molecule is Cc1ccc(NC(=O)NC(C(=O)O)C(C)C)cc1Cl. The molecule has 0 aliphatic carbocycles. The summed E-state index contributed by atoms with van der Waals surface area (Å²) in [6.45, 7) is 5.30. The summed E-state index contributed by atoms with van der Waals surface area (Å²) >= 11 is 5.94. The Morgan fingerprint density at radius 3 is 2.42 bits per heavy atom.